The molecule has 0 spiro atoms. The van der Waals surface area contributed by atoms with Gasteiger partial charge in [-0.05, 0) is 37.9 Å². The summed E-state index contributed by atoms with van der Waals surface area (Å²) >= 11 is 0. The summed E-state index contributed by atoms with van der Waals surface area (Å²) in [5, 5.41) is 10.4. The summed E-state index contributed by atoms with van der Waals surface area (Å²) in [5.74, 6) is -0.826. The first-order valence-corrected chi connectivity index (χ1v) is 7.17. The molecule has 1 aromatic heterocycles. The Bertz CT molecular complexity index is 620. The number of nitrogens with one attached hydrogen (secondary N) is 1. The number of aromatic amines is 1. The Kier molecular flexibility index (Phi) is 3.49. The van der Waals surface area contributed by atoms with Crippen molar-refractivity contribution < 1.29 is 9.90 Å². The lowest BCUT2D eigenvalue weighted by Gasteiger charge is -2.36. The molecule has 2 atom stereocenters. The molecule has 4 nitrogen and oxygen atoms in total. The molecule has 0 amide bonds. The summed E-state index contributed by atoms with van der Waals surface area (Å²) in [6.45, 7) is 3.87. The highest BCUT2D eigenvalue weighted by molar-refractivity contribution is 5.83. The average molecular weight is 272 g/mol. The maximum absolute atomic E-state index is 11.1. The quantitative estimate of drug-likeness (QED) is 0.903. The molecule has 0 bridgehead atoms. The van der Waals surface area contributed by atoms with E-state index in [9.17, 15) is 4.79 Å². The predicted molar refractivity (Wildman–Crippen MR) is 78.5 cm³/mol. The van der Waals surface area contributed by atoms with Crippen molar-refractivity contribution in [3.63, 3.8) is 0 Å². The predicted octanol–water partition coefficient (Wildman–Crippen LogP) is 2.85. The molecular formula is C16H20N2O2. The summed E-state index contributed by atoms with van der Waals surface area (Å²) in [7, 11) is 0. The zero-order chi connectivity index (χ0) is 14.1. The van der Waals surface area contributed by atoms with Gasteiger partial charge in [0.2, 0.25) is 0 Å². The lowest BCUT2D eigenvalue weighted by molar-refractivity contribution is -0.144. The molecule has 1 aliphatic heterocycles. The molecule has 2 N–H and O–H groups in total. The number of fused-ring (bicyclic) bond motifs is 1. The van der Waals surface area contributed by atoms with Crippen LogP contribution in [0.3, 0.4) is 0 Å². The van der Waals surface area contributed by atoms with Crippen LogP contribution in [-0.2, 0) is 11.3 Å². The van der Waals surface area contributed by atoms with E-state index >= 15 is 0 Å². The molecule has 0 radical (unpaired) electrons. The Morgan fingerprint density at radius 1 is 1.45 bits per heavy atom. The van der Waals surface area contributed by atoms with E-state index in [2.05, 4.69) is 41.2 Å². The summed E-state index contributed by atoms with van der Waals surface area (Å²) in [6, 6.07) is 8.62. The van der Waals surface area contributed by atoms with Crippen LogP contribution in [-0.4, -0.2) is 33.5 Å². The Balaban J connectivity index is 1.74. The van der Waals surface area contributed by atoms with Crippen molar-refractivity contribution in [2.45, 2.75) is 32.4 Å². The first-order valence-electron chi connectivity index (χ1n) is 7.17. The molecule has 0 aliphatic carbocycles. The minimum Gasteiger partial charge on any atom is -0.481 e. The molecule has 1 saturated heterocycles. The molecule has 1 aromatic carbocycles. The molecule has 0 saturated carbocycles. The first kappa shape index (κ1) is 13.2. The fraction of sp³-hybridized carbons (Fsp3) is 0.438. The third-order valence-corrected chi connectivity index (χ3v) is 4.41. The van der Waals surface area contributed by atoms with Crippen molar-refractivity contribution in [2.24, 2.45) is 5.92 Å². The fourth-order valence-corrected chi connectivity index (χ4v) is 3.16. The summed E-state index contributed by atoms with van der Waals surface area (Å²) in [5.41, 5.74) is 2.46. The van der Waals surface area contributed by atoms with Crippen molar-refractivity contribution in [3.05, 3.63) is 36.0 Å². The number of likely N-dealkylation sites (tertiary alicyclic amines) is 1. The van der Waals surface area contributed by atoms with Gasteiger partial charge < -0.3 is 10.1 Å². The van der Waals surface area contributed by atoms with Gasteiger partial charge in [-0.2, -0.15) is 0 Å². The van der Waals surface area contributed by atoms with Gasteiger partial charge in [-0.1, -0.05) is 18.2 Å². The highest BCUT2D eigenvalue weighted by atomic mass is 16.4. The zero-order valence-corrected chi connectivity index (χ0v) is 11.7. The maximum Gasteiger partial charge on any atom is 0.306 e. The first-order chi connectivity index (χ1) is 9.65. The van der Waals surface area contributed by atoms with E-state index in [0.717, 1.165) is 31.4 Å². The van der Waals surface area contributed by atoms with Gasteiger partial charge in [0.25, 0.3) is 0 Å². The third kappa shape index (κ3) is 2.43. The molecule has 1 fully saturated rings. The molecule has 2 unspecified atom stereocenters. The van der Waals surface area contributed by atoms with Gasteiger partial charge in [-0.15, -0.1) is 0 Å². The molecule has 1 aliphatic rings. The Morgan fingerprint density at radius 2 is 2.25 bits per heavy atom. The minimum atomic E-state index is -0.649. The van der Waals surface area contributed by atoms with Gasteiger partial charge in [0, 0.05) is 29.7 Å². The number of piperidine rings is 1. The second kappa shape index (κ2) is 5.29. The van der Waals surface area contributed by atoms with Crippen molar-refractivity contribution in [1.82, 2.24) is 9.88 Å². The van der Waals surface area contributed by atoms with E-state index in [-0.39, 0.29) is 5.92 Å². The normalized spacial score (nSPS) is 24.1. The molecular weight excluding hydrogens is 252 g/mol. The largest absolute Gasteiger partial charge is 0.481 e. The number of carboxylic acid groups (broad SMARTS) is 1. The van der Waals surface area contributed by atoms with E-state index in [0.29, 0.717) is 6.04 Å². The van der Waals surface area contributed by atoms with Crippen LogP contribution < -0.4 is 0 Å². The number of hydrogen-bond acceptors (Lipinski definition) is 2. The number of nitrogens with zero attached hydrogens (tertiary/aromatic N) is 1. The van der Waals surface area contributed by atoms with Crippen molar-refractivity contribution >= 4 is 16.9 Å². The number of hydrogen-bond donors (Lipinski definition) is 2. The molecule has 4 heteroatoms. The van der Waals surface area contributed by atoms with Crippen LogP contribution in [0.15, 0.2) is 30.5 Å². The van der Waals surface area contributed by atoms with Crippen LogP contribution in [0, 0.1) is 5.92 Å². The topological polar surface area (TPSA) is 56.3 Å². The number of carbonyl (C=O) groups is 1. The van der Waals surface area contributed by atoms with E-state index in [1.54, 1.807) is 0 Å². The molecule has 106 valence electrons. The lowest BCUT2D eigenvalue weighted by atomic mass is 9.91. The highest BCUT2D eigenvalue weighted by Crippen LogP contribution is 2.26. The van der Waals surface area contributed by atoms with Crippen LogP contribution in [0.1, 0.15) is 25.3 Å². The van der Waals surface area contributed by atoms with Crippen LogP contribution >= 0.6 is 0 Å². The number of benzene rings is 1. The van der Waals surface area contributed by atoms with Gasteiger partial charge in [0.15, 0.2) is 0 Å². The number of carboxylic acids is 1. The number of para-hydroxylation sites is 1. The van der Waals surface area contributed by atoms with Crippen molar-refractivity contribution in [3.8, 4) is 0 Å². The van der Waals surface area contributed by atoms with Gasteiger partial charge in [0.05, 0.1) is 5.92 Å². The Morgan fingerprint density at radius 3 is 3.00 bits per heavy atom. The number of aliphatic carboxylic acids is 1. The second-order valence-corrected chi connectivity index (χ2v) is 5.74. The second-order valence-electron chi connectivity index (χ2n) is 5.74. The van der Waals surface area contributed by atoms with Crippen LogP contribution in [0.2, 0.25) is 0 Å². The molecule has 3 rings (SSSR count). The Labute approximate surface area is 118 Å². The van der Waals surface area contributed by atoms with Gasteiger partial charge >= 0.3 is 5.97 Å². The number of H-pyrrole nitrogens is 1. The van der Waals surface area contributed by atoms with E-state index in [4.69, 9.17) is 5.11 Å². The van der Waals surface area contributed by atoms with E-state index in [1.807, 2.05) is 6.07 Å². The highest BCUT2D eigenvalue weighted by Gasteiger charge is 2.29. The fourth-order valence-electron chi connectivity index (χ4n) is 3.16. The molecule has 20 heavy (non-hydrogen) atoms. The Hall–Kier alpha value is -1.81. The van der Waals surface area contributed by atoms with E-state index < -0.39 is 5.97 Å². The maximum atomic E-state index is 11.1. The smallest absolute Gasteiger partial charge is 0.306 e. The van der Waals surface area contributed by atoms with Gasteiger partial charge in [-0.25, -0.2) is 0 Å². The zero-order valence-electron chi connectivity index (χ0n) is 11.7. The molecule has 2 heterocycles. The standard InChI is InChI=1S/C16H20N2O2/c1-11-8-12(16(19)20)6-7-18(11)10-13-9-17-15-5-3-2-4-14(13)15/h2-5,9,11-12,17H,6-8,10H2,1H3,(H,19,20). The van der Waals surface area contributed by atoms with Crippen LogP contribution in [0.5, 0.6) is 0 Å². The SMILES string of the molecule is CC1CC(C(=O)O)CCN1Cc1c[nH]c2ccccc12. The number of aromatic nitrogens is 1. The van der Waals surface area contributed by atoms with Gasteiger partial charge in [-0.3, -0.25) is 9.69 Å². The van der Waals surface area contributed by atoms with Crippen molar-refractivity contribution in [2.75, 3.05) is 6.54 Å². The number of rotatable bonds is 3. The summed E-state index contributed by atoms with van der Waals surface area (Å²) < 4.78 is 0. The van der Waals surface area contributed by atoms with E-state index in [1.165, 1.54) is 10.9 Å². The molecule has 2 aromatic rings. The summed E-state index contributed by atoms with van der Waals surface area (Å²) in [6.07, 6.45) is 3.57. The monoisotopic (exact) mass is 272 g/mol. The van der Waals surface area contributed by atoms with Gasteiger partial charge in [0.1, 0.15) is 0 Å². The minimum absolute atomic E-state index is 0.177. The summed E-state index contributed by atoms with van der Waals surface area (Å²) in [4.78, 5) is 16.8. The van der Waals surface area contributed by atoms with Crippen LogP contribution in [0.4, 0.5) is 0 Å². The van der Waals surface area contributed by atoms with Crippen LogP contribution in [0.25, 0.3) is 10.9 Å². The third-order valence-electron chi connectivity index (χ3n) is 4.41. The van der Waals surface area contributed by atoms with Crippen molar-refractivity contribution in [1.29, 1.82) is 0 Å². The average Bonchev–Trinajstić information content (AvgIpc) is 2.84. The lowest BCUT2D eigenvalue weighted by Crippen LogP contribution is -2.42.